The topological polar surface area (TPSA) is 69.8 Å². The Morgan fingerprint density at radius 3 is 2.79 bits per heavy atom. The van der Waals surface area contributed by atoms with Crippen molar-refractivity contribution in [2.75, 3.05) is 13.1 Å². The largest absolute Gasteiger partial charge is 0.467 e. The number of hydrogen-bond donors (Lipinski definition) is 3. The third kappa shape index (κ3) is 4.83. The van der Waals surface area contributed by atoms with Crippen LogP contribution in [0.1, 0.15) is 42.9 Å². The van der Waals surface area contributed by atoms with E-state index in [-0.39, 0.29) is 18.4 Å². The maximum Gasteiger partial charge on any atom is 0.191 e. The minimum absolute atomic E-state index is 0.126. The predicted molar refractivity (Wildman–Crippen MR) is 92.3 cm³/mol. The molecule has 0 saturated heterocycles. The molecule has 0 bridgehead atoms. The average molecular weight is 333 g/mol. The van der Waals surface area contributed by atoms with Crippen LogP contribution in [-0.2, 0) is 0 Å². The molecule has 0 radical (unpaired) electrons. The predicted octanol–water partition coefficient (Wildman–Crippen LogP) is 3.08. The van der Waals surface area contributed by atoms with Crippen LogP contribution >= 0.6 is 0 Å². The molecule has 5 nitrogen and oxygen atoms in total. The summed E-state index contributed by atoms with van der Waals surface area (Å²) in [6.07, 6.45) is 0.710. The number of hydrogen-bond acceptors (Lipinski definition) is 3. The van der Waals surface area contributed by atoms with Crippen molar-refractivity contribution < 1.29 is 13.9 Å². The van der Waals surface area contributed by atoms with Gasteiger partial charge in [0.2, 0.25) is 0 Å². The Labute approximate surface area is 141 Å². The molecule has 2 unspecified atom stereocenters. The van der Waals surface area contributed by atoms with Gasteiger partial charge in [0.25, 0.3) is 0 Å². The highest BCUT2D eigenvalue weighted by atomic mass is 19.1. The quantitative estimate of drug-likeness (QED) is 0.561. The zero-order valence-electron chi connectivity index (χ0n) is 14.2. The number of halogens is 1. The van der Waals surface area contributed by atoms with Gasteiger partial charge in [0.05, 0.1) is 18.8 Å². The Balaban J connectivity index is 2.03. The SMILES string of the molecule is CCNC(=NCC(O)c1ccco1)NC(C)c1ccc(C)c(F)c1. The summed E-state index contributed by atoms with van der Waals surface area (Å²) in [4.78, 5) is 4.37. The molecule has 0 spiro atoms. The molecule has 0 aliphatic heterocycles. The molecule has 1 aromatic carbocycles. The summed E-state index contributed by atoms with van der Waals surface area (Å²) < 4.78 is 18.9. The number of furan rings is 1. The second-order valence-corrected chi connectivity index (χ2v) is 5.63. The number of guanidine groups is 1. The van der Waals surface area contributed by atoms with E-state index in [1.807, 2.05) is 19.9 Å². The maximum absolute atomic E-state index is 13.7. The van der Waals surface area contributed by atoms with Gasteiger partial charge in [-0.15, -0.1) is 0 Å². The number of rotatable bonds is 6. The Hall–Kier alpha value is -2.34. The molecule has 0 aliphatic carbocycles. The van der Waals surface area contributed by atoms with E-state index >= 15 is 0 Å². The summed E-state index contributed by atoms with van der Waals surface area (Å²) >= 11 is 0. The van der Waals surface area contributed by atoms with Gasteiger partial charge in [-0.25, -0.2) is 4.39 Å². The molecule has 0 aliphatic rings. The lowest BCUT2D eigenvalue weighted by Gasteiger charge is -2.19. The summed E-state index contributed by atoms with van der Waals surface area (Å²) in [5.41, 5.74) is 1.45. The summed E-state index contributed by atoms with van der Waals surface area (Å²) in [5, 5.41) is 16.4. The van der Waals surface area contributed by atoms with Gasteiger partial charge in [0.15, 0.2) is 5.96 Å². The second-order valence-electron chi connectivity index (χ2n) is 5.63. The number of nitrogens with zero attached hydrogens (tertiary/aromatic N) is 1. The smallest absolute Gasteiger partial charge is 0.191 e. The van der Waals surface area contributed by atoms with Crippen LogP contribution < -0.4 is 10.6 Å². The highest BCUT2D eigenvalue weighted by molar-refractivity contribution is 5.80. The molecule has 2 rings (SSSR count). The highest BCUT2D eigenvalue weighted by Gasteiger charge is 2.12. The maximum atomic E-state index is 13.7. The fourth-order valence-electron chi connectivity index (χ4n) is 2.24. The van der Waals surface area contributed by atoms with Crippen LogP contribution in [0, 0.1) is 12.7 Å². The average Bonchev–Trinajstić information content (AvgIpc) is 3.09. The number of aryl methyl sites for hydroxylation is 1. The fraction of sp³-hybridized carbons (Fsp3) is 0.389. The first-order valence-corrected chi connectivity index (χ1v) is 8.03. The zero-order chi connectivity index (χ0) is 17.5. The van der Waals surface area contributed by atoms with Crippen molar-refractivity contribution in [1.29, 1.82) is 0 Å². The molecular weight excluding hydrogens is 309 g/mol. The first kappa shape index (κ1) is 18.0. The first-order valence-electron chi connectivity index (χ1n) is 8.03. The van der Waals surface area contributed by atoms with Crippen molar-refractivity contribution in [2.24, 2.45) is 4.99 Å². The van der Waals surface area contributed by atoms with E-state index in [0.29, 0.717) is 23.8 Å². The van der Waals surface area contributed by atoms with E-state index in [1.54, 1.807) is 25.1 Å². The number of benzene rings is 1. The van der Waals surface area contributed by atoms with Crippen LogP contribution in [0.3, 0.4) is 0 Å². The molecule has 130 valence electrons. The van der Waals surface area contributed by atoms with Crippen molar-refractivity contribution in [3.05, 3.63) is 59.3 Å². The molecule has 1 heterocycles. The molecule has 0 saturated carbocycles. The van der Waals surface area contributed by atoms with Gasteiger partial charge in [-0.05, 0) is 50.1 Å². The molecule has 24 heavy (non-hydrogen) atoms. The number of aliphatic hydroxyl groups excluding tert-OH is 1. The third-order valence-electron chi connectivity index (χ3n) is 3.69. The lowest BCUT2D eigenvalue weighted by atomic mass is 10.1. The van der Waals surface area contributed by atoms with E-state index in [0.717, 1.165) is 5.56 Å². The van der Waals surface area contributed by atoms with E-state index < -0.39 is 6.10 Å². The molecule has 2 atom stereocenters. The highest BCUT2D eigenvalue weighted by Crippen LogP contribution is 2.16. The van der Waals surface area contributed by atoms with Crippen LogP contribution in [-0.4, -0.2) is 24.2 Å². The van der Waals surface area contributed by atoms with Gasteiger partial charge >= 0.3 is 0 Å². The van der Waals surface area contributed by atoms with Crippen molar-refractivity contribution in [2.45, 2.75) is 32.9 Å². The van der Waals surface area contributed by atoms with Crippen LogP contribution in [0.25, 0.3) is 0 Å². The first-order chi connectivity index (χ1) is 11.5. The molecule has 3 N–H and O–H groups in total. The zero-order valence-corrected chi connectivity index (χ0v) is 14.2. The van der Waals surface area contributed by atoms with Crippen LogP contribution in [0.4, 0.5) is 4.39 Å². The van der Waals surface area contributed by atoms with Crippen LogP contribution in [0.15, 0.2) is 46.0 Å². The minimum atomic E-state index is -0.803. The van der Waals surface area contributed by atoms with E-state index in [1.165, 1.54) is 12.3 Å². The molecular formula is C18H24FN3O2. The summed E-state index contributed by atoms with van der Waals surface area (Å²) in [6, 6.07) is 8.47. The van der Waals surface area contributed by atoms with Crippen molar-refractivity contribution in [3.63, 3.8) is 0 Å². The lowest BCUT2D eigenvalue weighted by molar-refractivity contribution is 0.158. The molecule has 1 aromatic heterocycles. The monoisotopic (exact) mass is 333 g/mol. The van der Waals surface area contributed by atoms with E-state index in [4.69, 9.17) is 4.42 Å². The van der Waals surface area contributed by atoms with Gasteiger partial charge in [0, 0.05) is 6.54 Å². The summed E-state index contributed by atoms with van der Waals surface area (Å²) in [6.45, 7) is 6.46. The van der Waals surface area contributed by atoms with Crippen LogP contribution in [0.5, 0.6) is 0 Å². The van der Waals surface area contributed by atoms with Gasteiger partial charge in [-0.2, -0.15) is 0 Å². The molecule has 6 heteroatoms. The van der Waals surface area contributed by atoms with Gasteiger partial charge in [0.1, 0.15) is 17.7 Å². The molecule has 0 fully saturated rings. The van der Waals surface area contributed by atoms with E-state index in [2.05, 4.69) is 15.6 Å². The van der Waals surface area contributed by atoms with Gasteiger partial charge < -0.3 is 20.2 Å². The van der Waals surface area contributed by atoms with E-state index in [9.17, 15) is 9.50 Å². The van der Waals surface area contributed by atoms with Gasteiger partial charge in [-0.1, -0.05) is 12.1 Å². The minimum Gasteiger partial charge on any atom is -0.467 e. The van der Waals surface area contributed by atoms with Gasteiger partial charge in [-0.3, -0.25) is 4.99 Å². The Kier molecular flexibility index (Phi) is 6.37. The second kappa shape index (κ2) is 8.49. The van der Waals surface area contributed by atoms with Crippen molar-refractivity contribution in [1.82, 2.24) is 10.6 Å². The third-order valence-corrected chi connectivity index (χ3v) is 3.69. The Morgan fingerprint density at radius 1 is 1.38 bits per heavy atom. The normalized spacial score (nSPS) is 14.3. The number of aliphatic hydroxyl groups is 1. The summed E-state index contributed by atoms with van der Waals surface area (Å²) in [5.74, 6) is 0.802. The van der Waals surface area contributed by atoms with Crippen molar-refractivity contribution >= 4 is 5.96 Å². The standard InChI is InChI=1S/C18H24FN3O2/c1-4-20-18(21-11-16(23)17-6-5-9-24-17)22-13(3)14-8-7-12(2)15(19)10-14/h5-10,13,16,23H,4,11H2,1-3H3,(H2,20,21,22). The van der Waals surface area contributed by atoms with Crippen LogP contribution in [0.2, 0.25) is 0 Å². The fourth-order valence-corrected chi connectivity index (χ4v) is 2.24. The number of nitrogens with one attached hydrogen (secondary N) is 2. The lowest BCUT2D eigenvalue weighted by Crippen LogP contribution is -2.39. The number of aliphatic imine (C=N–C) groups is 1. The summed E-state index contributed by atoms with van der Waals surface area (Å²) in [7, 11) is 0. The molecule has 2 aromatic rings. The Morgan fingerprint density at radius 2 is 2.17 bits per heavy atom. The van der Waals surface area contributed by atoms with Crippen molar-refractivity contribution in [3.8, 4) is 0 Å². The Bertz CT molecular complexity index is 671. The molecule has 0 amide bonds.